The number of carboxylic acids is 1. The number of rotatable bonds is 4. The van der Waals surface area contributed by atoms with E-state index in [0.717, 1.165) is 13.0 Å². The number of amides is 1. The quantitative estimate of drug-likeness (QED) is 0.195. The summed E-state index contributed by atoms with van der Waals surface area (Å²) in [5, 5.41) is 31.5. The molecule has 0 saturated heterocycles. The molecule has 11 nitrogen and oxygen atoms in total. The van der Waals surface area contributed by atoms with E-state index in [1.54, 1.807) is 13.0 Å². The molecule has 0 aliphatic carbocycles. The Morgan fingerprint density at radius 3 is 2.16 bits per heavy atom. The van der Waals surface area contributed by atoms with Crippen molar-refractivity contribution in [2.75, 3.05) is 5.32 Å². The molecule has 0 fully saturated rings. The average Bonchev–Trinajstić information content (AvgIpc) is 2.68. The SMILES string of the molecule is CC(=O)O.Cc1ccc(C(=O)Nc2c(O)cc(S(=O)(=O)O)c3ccccc23)c([N+](=O)[O-])c1. The molecule has 0 bridgehead atoms. The number of nitrogens with one attached hydrogen (secondary N) is 1. The van der Waals surface area contributed by atoms with Crippen LogP contribution in [0.2, 0.25) is 0 Å². The Kier molecular flexibility index (Phi) is 7.13. The van der Waals surface area contributed by atoms with E-state index in [-0.39, 0.29) is 22.0 Å². The zero-order chi connectivity index (χ0) is 24.2. The van der Waals surface area contributed by atoms with Crippen molar-refractivity contribution in [2.24, 2.45) is 0 Å². The number of carboxylic acid groups (broad SMARTS) is 1. The van der Waals surface area contributed by atoms with E-state index in [1.165, 1.54) is 36.4 Å². The minimum atomic E-state index is -4.63. The van der Waals surface area contributed by atoms with Gasteiger partial charge in [-0.15, -0.1) is 0 Å². The van der Waals surface area contributed by atoms with Crippen LogP contribution >= 0.6 is 0 Å². The topological polar surface area (TPSA) is 184 Å². The van der Waals surface area contributed by atoms with Gasteiger partial charge in [0.2, 0.25) is 0 Å². The van der Waals surface area contributed by atoms with Crippen LogP contribution in [0.5, 0.6) is 5.75 Å². The van der Waals surface area contributed by atoms with Gasteiger partial charge in [0.1, 0.15) is 16.2 Å². The number of carbonyl (C=O) groups excluding carboxylic acids is 1. The van der Waals surface area contributed by atoms with Crippen LogP contribution in [0.15, 0.2) is 53.4 Å². The van der Waals surface area contributed by atoms with Crippen molar-refractivity contribution >= 4 is 44.1 Å². The molecule has 32 heavy (non-hydrogen) atoms. The van der Waals surface area contributed by atoms with Gasteiger partial charge in [-0.05, 0) is 18.6 Å². The van der Waals surface area contributed by atoms with Gasteiger partial charge < -0.3 is 15.5 Å². The summed E-state index contributed by atoms with van der Waals surface area (Å²) in [6.45, 7) is 2.72. The van der Waals surface area contributed by atoms with Gasteiger partial charge in [-0.2, -0.15) is 8.42 Å². The van der Waals surface area contributed by atoms with Gasteiger partial charge in [0, 0.05) is 29.8 Å². The molecule has 0 radical (unpaired) electrons. The Balaban J connectivity index is 0.000000837. The lowest BCUT2D eigenvalue weighted by atomic mass is 10.1. The fourth-order valence-corrected chi connectivity index (χ4v) is 3.55. The summed E-state index contributed by atoms with van der Waals surface area (Å²) < 4.78 is 32.6. The summed E-state index contributed by atoms with van der Waals surface area (Å²) in [7, 11) is -4.63. The third-order valence-corrected chi connectivity index (χ3v) is 4.99. The molecule has 0 atom stereocenters. The number of nitro benzene ring substituents is 1. The number of nitro groups is 1. The van der Waals surface area contributed by atoms with Crippen molar-refractivity contribution in [1.29, 1.82) is 0 Å². The highest BCUT2D eigenvalue weighted by Crippen LogP contribution is 2.37. The Morgan fingerprint density at radius 1 is 1.06 bits per heavy atom. The van der Waals surface area contributed by atoms with Crippen LogP contribution in [-0.4, -0.2) is 40.0 Å². The van der Waals surface area contributed by atoms with Crippen molar-refractivity contribution in [2.45, 2.75) is 18.7 Å². The third-order valence-electron chi connectivity index (χ3n) is 4.10. The molecule has 0 unspecified atom stereocenters. The maximum atomic E-state index is 12.6. The fourth-order valence-electron chi connectivity index (χ4n) is 2.84. The van der Waals surface area contributed by atoms with Gasteiger partial charge >= 0.3 is 0 Å². The highest BCUT2D eigenvalue weighted by atomic mass is 32.2. The summed E-state index contributed by atoms with van der Waals surface area (Å²) in [5.74, 6) is -2.30. The number of hydrogen-bond donors (Lipinski definition) is 4. The number of phenols is 1. The molecule has 1 amide bonds. The Labute approximate surface area is 181 Å². The molecule has 0 heterocycles. The summed E-state index contributed by atoms with van der Waals surface area (Å²) >= 11 is 0. The van der Waals surface area contributed by atoms with Crippen molar-refractivity contribution in [3.63, 3.8) is 0 Å². The van der Waals surface area contributed by atoms with Crippen LogP contribution in [0, 0.1) is 17.0 Å². The van der Waals surface area contributed by atoms with E-state index in [0.29, 0.717) is 5.56 Å². The van der Waals surface area contributed by atoms with Crippen LogP contribution in [0.4, 0.5) is 11.4 Å². The number of hydrogen-bond acceptors (Lipinski definition) is 7. The number of anilines is 1. The van der Waals surface area contributed by atoms with Gasteiger partial charge in [0.05, 0.1) is 10.6 Å². The lowest BCUT2D eigenvalue weighted by Gasteiger charge is -2.13. The number of nitrogens with zero attached hydrogens (tertiary/aromatic N) is 1. The minimum absolute atomic E-state index is 0.0662. The van der Waals surface area contributed by atoms with Crippen LogP contribution in [0.3, 0.4) is 0 Å². The standard InChI is InChI=1S/C18H14N2O7S.C2H4O2/c1-10-6-7-13(14(8-10)20(23)24)18(22)19-17-12-5-3-2-4-11(12)16(9-15(17)21)28(25,26)27;1-2(3)4/h2-9,21H,1H3,(H,19,22)(H,25,26,27);1H3,(H,3,4). The number of phenolic OH excluding ortho intramolecular Hbond substituents is 1. The second kappa shape index (κ2) is 9.41. The first kappa shape index (κ1) is 24.2. The lowest BCUT2D eigenvalue weighted by molar-refractivity contribution is -0.385. The Bertz CT molecular complexity index is 1330. The zero-order valence-corrected chi connectivity index (χ0v) is 17.6. The van der Waals surface area contributed by atoms with Gasteiger partial charge in [0.25, 0.3) is 27.7 Å². The van der Waals surface area contributed by atoms with Crippen LogP contribution < -0.4 is 5.32 Å². The highest BCUT2D eigenvalue weighted by Gasteiger charge is 2.24. The number of aryl methyl sites for hydroxylation is 1. The van der Waals surface area contributed by atoms with Crippen molar-refractivity contribution in [3.8, 4) is 5.75 Å². The molecule has 12 heteroatoms. The van der Waals surface area contributed by atoms with E-state index in [9.17, 15) is 33.0 Å². The van der Waals surface area contributed by atoms with Crippen molar-refractivity contribution < 1.29 is 37.7 Å². The number of fused-ring (bicyclic) bond motifs is 1. The van der Waals surface area contributed by atoms with Gasteiger partial charge in [-0.1, -0.05) is 30.3 Å². The summed E-state index contributed by atoms with van der Waals surface area (Å²) in [5.41, 5.74) is -0.175. The van der Waals surface area contributed by atoms with Crippen molar-refractivity contribution in [3.05, 3.63) is 69.8 Å². The molecule has 3 aromatic carbocycles. The molecule has 4 N–H and O–H groups in total. The molecule has 0 saturated carbocycles. The van der Waals surface area contributed by atoms with Crippen LogP contribution in [0.1, 0.15) is 22.8 Å². The first-order chi connectivity index (χ1) is 14.8. The number of aliphatic carboxylic acids is 1. The highest BCUT2D eigenvalue weighted by molar-refractivity contribution is 7.86. The predicted molar refractivity (Wildman–Crippen MR) is 115 cm³/mol. The van der Waals surface area contributed by atoms with E-state index in [1.807, 2.05) is 0 Å². The first-order valence-corrected chi connectivity index (χ1v) is 10.2. The van der Waals surface area contributed by atoms with E-state index < -0.39 is 43.3 Å². The molecule has 0 aromatic heterocycles. The maximum absolute atomic E-state index is 12.6. The molecule has 3 aromatic rings. The zero-order valence-electron chi connectivity index (χ0n) is 16.8. The molecule has 0 aliphatic heterocycles. The van der Waals surface area contributed by atoms with E-state index in [2.05, 4.69) is 5.32 Å². The van der Waals surface area contributed by atoms with Crippen LogP contribution in [-0.2, 0) is 14.9 Å². The molecule has 168 valence electrons. The van der Waals surface area contributed by atoms with Crippen molar-refractivity contribution in [1.82, 2.24) is 0 Å². The van der Waals surface area contributed by atoms with E-state index >= 15 is 0 Å². The molecule has 3 rings (SSSR count). The summed E-state index contributed by atoms with van der Waals surface area (Å²) in [4.78, 5) is 31.7. The Morgan fingerprint density at radius 2 is 1.62 bits per heavy atom. The number of benzene rings is 3. The van der Waals surface area contributed by atoms with E-state index in [4.69, 9.17) is 9.90 Å². The molecule has 0 spiro atoms. The fraction of sp³-hybridized carbons (Fsp3) is 0.100. The molecular weight excluding hydrogens is 444 g/mol. The smallest absolute Gasteiger partial charge is 0.300 e. The second-order valence-corrected chi connectivity index (χ2v) is 7.93. The van der Waals surface area contributed by atoms with Gasteiger partial charge in [-0.25, -0.2) is 0 Å². The summed E-state index contributed by atoms with van der Waals surface area (Å²) in [6.07, 6.45) is 0. The molecule has 0 aliphatic rings. The van der Waals surface area contributed by atoms with Gasteiger partial charge in [-0.3, -0.25) is 24.3 Å². The minimum Gasteiger partial charge on any atom is -0.506 e. The number of carbonyl (C=O) groups is 2. The Hall–Kier alpha value is -4.03. The third kappa shape index (κ3) is 5.56. The lowest BCUT2D eigenvalue weighted by Crippen LogP contribution is -2.15. The largest absolute Gasteiger partial charge is 0.506 e. The average molecular weight is 462 g/mol. The maximum Gasteiger partial charge on any atom is 0.300 e. The van der Waals surface area contributed by atoms with Crippen LogP contribution in [0.25, 0.3) is 10.8 Å². The normalized spacial score (nSPS) is 10.7. The number of aromatic hydroxyl groups is 1. The first-order valence-electron chi connectivity index (χ1n) is 8.81. The predicted octanol–water partition coefficient (Wildman–Crippen LogP) is 3.35. The van der Waals surface area contributed by atoms with Gasteiger partial charge in [0.15, 0.2) is 0 Å². The monoisotopic (exact) mass is 462 g/mol. The second-order valence-electron chi connectivity index (χ2n) is 6.54. The summed E-state index contributed by atoms with van der Waals surface area (Å²) in [6, 6.07) is 10.7. The molecular formula is C20H18N2O9S.